The molecule has 0 aromatic heterocycles. The molecule has 2 heterocycles. The molecule has 0 saturated carbocycles. The van der Waals surface area contributed by atoms with Crippen LogP contribution >= 0.6 is 11.6 Å². The molecule has 2 N–H and O–H groups in total. The maximum absolute atomic E-state index is 13.0. The van der Waals surface area contributed by atoms with Gasteiger partial charge in [-0.1, -0.05) is 29.8 Å². The first-order chi connectivity index (χ1) is 15.4. The minimum atomic E-state index is -3.71. The van der Waals surface area contributed by atoms with Crippen molar-refractivity contribution in [2.45, 2.75) is 42.7 Å². The first-order valence-corrected chi connectivity index (χ1v) is 12.8. The number of nitrogens with zero attached hydrogens (tertiary/aromatic N) is 1. The van der Waals surface area contributed by atoms with Gasteiger partial charge in [0.1, 0.15) is 0 Å². The molecular weight excluding hydrogens is 450 g/mol. The van der Waals surface area contributed by atoms with Crippen LogP contribution in [0, 0.1) is 0 Å². The van der Waals surface area contributed by atoms with Gasteiger partial charge < -0.3 is 15.0 Å². The fourth-order valence-corrected chi connectivity index (χ4v) is 5.40. The molecule has 2 aromatic rings. The van der Waals surface area contributed by atoms with Gasteiger partial charge in [0.2, 0.25) is 10.0 Å². The lowest BCUT2D eigenvalue weighted by molar-refractivity contribution is 0.0718. The number of ether oxygens (including phenoxy) is 1. The molecule has 32 heavy (non-hydrogen) atoms. The average Bonchev–Trinajstić information content (AvgIpc) is 3.33. The molecule has 2 aliphatic heterocycles. The van der Waals surface area contributed by atoms with Crippen molar-refractivity contribution < 1.29 is 17.9 Å². The highest BCUT2D eigenvalue weighted by molar-refractivity contribution is 7.89. The molecule has 0 radical (unpaired) electrons. The van der Waals surface area contributed by atoms with Crippen LogP contribution < -0.4 is 10.0 Å². The number of sulfonamides is 1. The Hall–Kier alpha value is -2.13. The van der Waals surface area contributed by atoms with Gasteiger partial charge in [-0.2, -0.15) is 0 Å². The highest BCUT2D eigenvalue weighted by atomic mass is 35.5. The van der Waals surface area contributed by atoms with Crippen molar-refractivity contribution in [1.29, 1.82) is 0 Å². The Kier molecular flexibility index (Phi) is 7.35. The largest absolute Gasteiger partial charge is 0.381 e. The molecule has 0 bridgehead atoms. The standard InChI is InChI=1S/C23H28ClN3O4S/c24-21-8-1-2-9-22(21)26-18-10-12-27(13-11-18)23(28)17-5-3-7-20(15-17)32(29,30)25-16-19-6-4-14-31-19/h1-3,5,7-9,15,18-19,25-26H,4,6,10-14,16H2/t19-/m1/s1. The number of halogens is 1. The monoisotopic (exact) mass is 477 g/mol. The van der Waals surface area contributed by atoms with Gasteiger partial charge in [0.25, 0.3) is 5.91 Å². The summed E-state index contributed by atoms with van der Waals surface area (Å²) in [7, 11) is -3.71. The lowest BCUT2D eigenvalue weighted by atomic mass is 10.0. The molecule has 0 spiro atoms. The van der Waals surface area contributed by atoms with E-state index in [9.17, 15) is 13.2 Å². The van der Waals surface area contributed by atoms with E-state index in [0.29, 0.717) is 30.3 Å². The van der Waals surface area contributed by atoms with Crippen molar-refractivity contribution in [3.05, 3.63) is 59.1 Å². The summed E-state index contributed by atoms with van der Waals surface area (Å²) in [6.07, 6.45) is 3.29. The molecular formula is C23H28ClN3O4S. The van der Waals surface area contributed by atoms with E-state index < -0.39 is 10.0 Å². The van der Waals surface area contributed by atoms with Crippen molar-refractivity contribution in [2.75, 3.05) is 31.6 Å². The predicted molar refractivity (Wildman–Crippen MR) is 125 cm³/mol. The Morgan fingerprint density at radius 3 is 2.59 bits per heavy atom. The number of piperidine rings is 1. The van der Waals surface area contributed by atoms with Gasteiger partial charge in [-0.15, -0.1) is 0 Å². The normalized spacial score (nSPS) is 19.8. The minimum absolute atomic E-state index is 0.0877. The van der Waals surface area contributed by atoms with Crippen LogP contribution in [0.25, 0.3) is 0 Å². The van der Waals surface area contributed by atoms with Crippen LogP contribution in [0.2, 0.25) is 5.02 Å². The molecule has 2 aromatic carbocycles. The third-order valence-corrected chi connectivity index (χ3v) is 7.68. The second-order valence-corrected chi connectivity index (χ2v) is 10.4. The Morgan fingerprint density at radius 2 is 1.88 bits per heavy atom. The fourth-order valence-electron chi connectivity index (χ4n) is 4.10. The molecule has 7 nitrogen and oxygen atoms in total. The summed E-state index contributed by atoms with van der Waals surface area (Å²) in [4.78, 5) is 14.9. The second-order valence-electron chi connectivity index (χ2n) is 8.21. The topological polar surface area (TPSA) is 87.7 Å². The van der Waals surface area contributed by atoms with Gasteiger partial charge in [-0.25, -0.2) is 13.1 Å². The lowest BCUT2D eigenvalue weighted by Gasteiger charge is -2.33. The number of hydrogen-bond acceptors (Lipinski definition) is 5. The summed E-state index contributed by atoms with van der Waals surface area (Å²) < 4.78 is 33.4. The predicted octanol–water partition coefficient (Wildman–Crippen LogP) is 3.51. The number of anilines is 1. The Labute approximate surface area is 194 Å². The lowest BCUT2D eigenvalue weighted by Crippen LogP contribution is -2.42. The highest BCUT2D eigenvalue weighted by Gasteiger charge is 2.26. The number of carbonyl (C=O) groups is 1. The van der Waals surface area contributed by atoms with Gasteiger partial charge in [0.15, 0.2) is 0 Å². The van der Waals surface area contributed by atoms with Crippen molar-refractivity contribution in [3.63, 3.8) is 0 Å². The molecule has 2 saturated heterocycles. The van der Waals surface area contributed by atoms with E-state index in [4.69, 9.17) is 16.3 Å². The number of likely N-dealkylation sites (tertiary alicyclic amines) is 1. The Bertz CT molecular complexity index is 1050. The van der Waals surface area contributed by atoms with E-state index in [2.05, 4.69) is 10.0 Å². The van der Waals surface area contributed by atoms with Gasteiger partial charge >= 0.3 is 0 Å². The summed E-state index contributed by atoms with van der Waals surface area (Å²) in [5.41, 5.74) is 1.27. The van der Waals surface area contributed by atoms with Gasteiger partial charge in [0.05, 0.1) is 21.7 Å². The van der Waals surface area contributed by atoms with Crippen LogP contribution in [-0.2, 0) is 14.8 Å². The molecule has 1 atom stereocenters. The first-order valence-electron chi connectivity index (χ1n) is 10.9. The Morgan fingerprint density at radius 1 is 1.09 bits per heavy atom. The number of amides is 1. The van der Waals surface area contributed by atoms with Crippen molar-refractivity contribution in [2.24, 2.45) is 0 Å². The van der Waals surface area contributed by atoms with E-state index in [-0.39, 0.29) is 29.5 Å². The van der Waals surface area contributed by atoms with Crippen LogP contribution in [0.5, 0.6) is 0 Å². The van der Waals surface area contributed by atoms with Crippen LogP contribution in [0.1, 0.15) is 36.0 Å². The van der Waals surface area contributed by atoms with Gasteiger partial charge in [-0.05, 0) is 56.0 Å². The molecule has 2 fully saturated rings. The van der Waals surface area contributed by atoms with Crippen LogP contribution in [0.15, 0.2) is 53.4 Å². The molecule has 0 unspecified atom stereocenters. The highest BCUT2D eigenvalue weighted by Crippen LogP contribution is 2.25. The van der Waals surface area contributed by atoms with Gasteiger partial charge in [0, 0.05) is 37.8 Å². The quantitative estimate of drug-likeness (QED) is 0.637. The van der Waals surface area contributed by atoms with Crippen molar-refractivity contribution in [1.82, 2.24) is 9.62 Å². The van der Waals surface area contributed by atoms with E-state index in [1.54, 1.807) is 17.0 Å². The fraction of sp³-hybridized carbons (Fsp3) is 0.435. The maximum atomic E-state index is 13.0. The van der Waals surface area contributed by atoms with Crippen LogP contribution in [-0.4, -0.2) is 57.6 Å². The summed E-state index contributed by atoms with van der Waals surface area (Å²) in [5.74, 6) is -0.155. The van der Waals surface area contributed by atoms with Crippen LogP contribution in [0.4, 0.5) is 5.69 Å². The Balaban J connectivity index is 1.35. The summed E-state index contributed by atoms with van der Waals surface area (Å²) in [5, 5.41) is 4.12. The number of hydrogen-bond donors (Lipinski definition) is 2. The van der Waals surface area contributed by atoms with E-state index in [1.165, 1.54) is 12.1 Å². The molecule has 0 aliphatic carbocycles. The smallest absolute Gasteiger partial charge is 0.253 e. The number of carbonyl (C=O) groups excluding carboxylic acids is 1. The number of benzene rings is 2. The molecule has 172 valence electrons. The summed E-state index contributed by atoms with van der Waals surface area (Å²) in [6, 6.07) is 14.1. The zero-order valence-corrected chi connectivity index (χ0v) is 19.4. The maximum Gasteiger partial charge on any atom is 0.253 e. The average molecular weight is 478 g/mol. The number of rotatable bonds is 7. The molecule has 2 aliphatic rings. The summed E-state index contributed by atoms with van der Waals surface area (Å²) in [6.45, 7) is 2.10. The van der Waals surface area contributed by atoms with Crippen molar-refractivity contribution >= 4 is 33.2 Å². The van der Waals surface area contributed by atoms with Gasteiger partial charge in [-0.3, -0.25) is 4.79 Å². The van der Waals surface area contributed by atoms with E-state index in [1.807, 2.05) is 24.3 Å². The van der Waals surface area contributed by atoms with Crippen LogP contribution in [0.3, 0.4) is 0 Å². The van der Waals surface area contributed by atoms with E-state index >= 15 is 0 Å². The first kappa shape index (κ1) is 23.0. The number of nitrogens with one attached hydrogen (secondary N) is 2. The third kappa shape index (κ3) is 5.61. The molecule has 1 amide bonds. The molecule has 9 heteroatoms. The molecule has 4 rings (SSSR count). The third-order valence-electron chi connectivity index (χ3n) is 5.93. The van der Waals surface area contributed by atoms with Crippen molar-refractivity contribution in [3.8, 4) is 0 Å². The zero-order chi connectivity index (χ0) is 22.6. The zero-order valence-electron chi connectivity index (χ0n) is 17.8. The minimum Gasteiger partial charge on any atom is -0.381 e. The van der Waals surface area contributed by atoms with E-state index in [0.717, 1.165) is 31.4 Å². The SMILES string of the molecule is O=C(c1cccc(S(=O)(=O)NC[C@H]2CCCO2)c1)N1CCC(Nc2ccccc2Cl)CC1. The second kappa shape index (κ2) is 10.2. The number of para-hydroxylation sites is 1. The summed E-state index contributed by atoms with van der Waals surface area (Å²) >= 11 is 6.23.